The van der Waals surface area contributed by atoms with Crippen LogP contribution in [-0.4, -0.2) is 22.4 Å². The van der Waals surface area contributed by atoms with Crippen molar-refractivity contribution in [3.05, 3.63) is 45.4 Å². The minimum atomic E-state index is 0.777. The van der Waals surface area contributed by atoms with E-state index in [-0.39, 0.29) is 0 Å². The average molecular weight is 301 g/mol. The maximum atomic E-state index is 9.24. The third kappa shape index (κ3) is 2.78. The van der Waals surface area contributed by atoms with Crippen LogP contribution in [0, 0.1) is 13.8 Å². The maximum absolute atomic E-state index is 9.24. The molecule has 1 aliphatic heterocycles. The third-order valence-electron chi connectivity index (χ3n) is 3.92. The van der Waals surface area contributed by atoms with Crippen molar-refractivity contribution in [1.82, 2.24) is 4.98 Å². The van der Waals surface area contributed by atoms with Crippen molar-refractivity contribution in [3.63, 3.8) is 0 Å². The summed E-state index contributed by atoms with van der Waals surface area (Å²) in [4.78, 5) is 8.27. The zero-order chi connectivity index (χ0) is 14.8. The van der Waals surface area contributed by atoms with Gasteiger partial charge < -0.3 is 10.1 Å². The predicted octanol–water partition coefficient (Wildman–Crippen LogP) is 3.74. The first-order valence-electron chi connectivity index (χ1n) is 7.17. The molecule has 0 saturated heterocycles. The van der Waals surface area contributed by atoms with Crippen LogP contribution < -0.4 is 4.90 Å². The molecule has 5 heteroatoms. The smallest absolute Gasteiger partial charge is 0.112 e. The second-order valence-corrected chi connectivity index (χ2v) is 6.63. The molecule has 0 bridgehead atoms. The summed E-state index contributed by atoms with van der Waals surface area (Å²) in [7, 11) is 0. The molecule has 1 aromatic carbocycles. The molecule has 1 N–H and O–H groups in total. The van der Waals surface area contributed by atoms with E-state index in [4.69, 9.17) is 0 Å². The summed E-state index contributed by atoms with van der Waals surface area (Å²) in [6, 6.07) is 8.15. The highest BCUT2D eigenvalue weighted by atomic mass is 32.1. The molecule has 110 valence electrons. The minimum absolute atomic E-state index is 0.777. The lowest BCUT2D eigenvalue weighted by Gasteiger charge is -2.23. The predicted molar refractivity (Wildman–Crippen MR) is 86.6 cm³/mol. The summed E-state index contributed by atoms with van der Waals surface area (Å²) in [5, 5.41) is 13.9. The first-order valence-corrected chi connectivity index (χ1v) is 7.99. The number of aryl methyl sites for hydroxylation is 2. The van der Waals surface area contributed by atoms with Crippen LogP contribution in [-0.2, 0) is 6.54 Å². The summed E-state index contributed by atoms with van der Waals surface area (Å²) >= 11 is 1.76. The Morgan fingerprint density at radius 1 is 1.33 bits per heavy atom. The molecular formula is C16H19N3OS. The zero-order valence-corrected chi connectivity index (χ0v) is 13.2. The van der Waals surface area contributed by atoms with Crippen molar-refractivity contribution in [2.24, 2.45) is 5.16 Å². The molecule has 1 aliphatic rings. The van der Waals surface area contributed by atoms with Gasteiger partial charge in [0, 0.05) is 22.7 Å². The van der Waals surface area contributed by atoms with Crippen LogP contribution in [0.25, 0.3) is 0 Å². The molecule has 1 aromatic heterocycles. The molecule has 4 nitrogen and oxygen atoms in total. The van der Waals surface area contributed by atoms with E-state index in [0.717, 1.165) is 53.6 Å². The number of benzene rings is 1. The Kier molecular flexibility index (Phi) is 3.92. The summed E-state index contributed by atoms with van der Waals surface area (Å²) < 4.78 is 0. The normalized spacial score (nSPS) is 16.9. The number of nitrogens with zero attached hydrogens (tertiary/aromatic N) is 3. The summed E-state index contributed by atoms with van der Waals surface area (Å²) in [6.07, 6.45) is 1.79. The van der Waals surface area contributed by atoms with E-state index < -0.39 is 0 Å². The number of hydrogen-bond donors (Lipinski definition) is 1. The molecule has 0 amide bonds. The lowest BCUT2D eigenvalue weighted by atomic mass is 10.1. The number of para-hydroxylation sites is 1. The van der Waals surface area contributed by atoms with Gasteiger partial charge in [0.15, 0.2) is 0 Å². The molecule has 0 atom stereocenters. The van der Waals surface area contributed by atoms with E-state index in [1.54, 1.807) is 11.3 Å². The van der Waals surface area contributed by atoms with Crippen molar-refractivity contribution >= 4 is 22.7 Å². The Bertz CT molecular complexity index is 658. The number of thiazole rings is 1. The minimum Gasteiger partial charge on any atom is -0.411 e. The van der Waals surface area contributed by atoms with E-state index in [1.165, 1.54) is 4.88 Å². The number of aromatic nitrogens is 1. The topological polar surface area (TPSA) is 48.7 Å². The standard InChI is InChI=1S/C16H19N3OS/c1-11-12(2)21-16(17-11)10-19-9-5-7-14(18-20)13-6-3-4-8-15(13)19/h3-4,6,8,20H,5,7,9-10H2,1-2H3/b18-14-. The van der Waals surface area contributed by atoms with E-state index in [2.05, 4.69) is 35.0 Å². The van der Waals surface area contributed by atoms with Crippen LogP contribution in [0.4, 0.5) is 5.69 Å². The number of anilines is 1. The highest BCUT2D eigenvalue weighted by molar-refractivity contribution is 7.11. The van der Waals surface area contributed by atoms with Crippen molar-refractivity contribution in [2.45, 2.75) is 33.2 Å². The Morgan fingerprint density at radius 3 is 2.86 bits per heavy atom. The lowest BCUT2D eigenvalue weighted by Crippen LogP contribution is -2.23. The van der Waals surface area contributed by atoms with Gasteiger partial charge in [-0.1, -0.05) is 23.4 Å². The SMILES string of the molecule is Cc1nc(CN2CCC/C(=N/O)c3ccccc32)sc1C. The van der Waals surface area contributed by atoms with Crippen LogP contribution in [0.2, 0.25) is 0 Å². The number of hydrogen-bond acceptors (Lipinski definition) is 5. The zero-order valence-electron chi connectivity index (χ0n) is 12.3. The second kappa shape index (κ2) is 5.85. The van der Waals surface area contributed by atoms with Crippen LogP contribution >= 0.6 is 11.3 Å². The molecule has 21 heavy (non-hydrogen) atoms. The molecule has 0 fully saturated rings. The van der Waals surface area contributed by atoms with E-state index in [9.17, 15) is 5.21 Å². The van der Waals surface area contributed by atoms with E-state index in [1.807, 2.05) is 18.2 Å². The van der Waals surface area contributed by atoms with Gasteiger partial charge in [0.2, 0.25) is 0 Å². The second-order valence-electron chi connectivity index (χ2n) is 5.34. The summed E-state index contributed by atoms with van der Waals surface area (Å²) in [5.74, 6) is 0. The van der Waals surface area contributed by atoms with Gasteiger partial charge in [-0.3, -0.25) is 0 Å². The van der Waals surface area contributed by atoms with Crippen molar-refractivity contribution < 1.29 is 5.21 Å². The van der Waals surface area contributed by atoms with Gasteiger partial charge in [0.25, 0.3) is 0 Å². The van der Waals surface area contributed by atoms with E-state index >= 15 is 0 Å². The van der Waals surface area contributed by atoms with Gasteiger partial charge in [-0.25, -0.2) is 4.98 Å². The highest BCUT2D eigenvalue weighted by Crippen LogP contribution is 2.29. The molecule has 3 rings (SSSR count). The first kappa shape index (κ1) is 14.1. The van der Waals surface area contributed by atoms with Crippen molar-refractivity contribution in [3.8, 4) is 0 Å². The maximum Gasteiger partial charge on any atom is 0.112 e. The first-order chi connectivity index (χ1) is 10.2. The number of oxime groups is 1. The molecule has 0 spiro atoms. The Labute approximate surface area is 128 Å². The Hall–Kier alpha value is -1.88. The van der Waals surface area contributed by atoms with Gasteiger partial charge in [-0.15, -0.1) is 11.3 Å². The molecule has 0 unspecified atom stereocenters. The molecule has 2 aromatic rings. The lowest BCUT2D eigenvalue weighted by molar-refractivity contribution is 0.318. The fraction of sp³-hybridized carbons (Fsp3) is 0.375. The van der Waals surface area contributed by atoms with Crippen LogP contribution in [0.3, 0.4) is 0 Å². The highest BCUT2D eigenvalue weighted by Gasteiger charge is 2.20. The van der Waals surface area contributed by atoms with Gasteiger partial charge in [0.1, 0.15) is 5.01 Å². The molecule has 2 heterocycles. The molecule has 0 aliphatic carbocycles. The summed E-state index contributed by atoms with van der Waals surface area (Å²) in [6.45, 7) is 5.94. The largest absolute Gasteiger partial charge is 0.411 e. The van der Waals surface area contributed by atoms with Gasteiger partial charge in [-0.05, 0) is 32.8 Å². The Morgan fingerprint density at radius 2 is 2.14 bits per heavy atom. The van der Waals surface area contributed by atoms with Crippen LogP contribution in [0.15, 0.2) is 29.4 Å². The van der Waals surface area contributed by atoms with Gasteiger partial charge in [0.05, 0.1) is 18.0 Å². The Balaban J connectivity index is 1.95. The molecule has 0 radical (unpaired) electrons. The average Bonchev–Trinajstić information content (AvgIpc) is 2.71. The monoisotopic (exact) mass is 301 g/mol. The fourth-order valence-corrected chi connectivity index (χ4v) is 3.67. The van der Waals surface area contributed by atoms with Crippen molar-refractivity contribution in [2.75, 3.05) is 11.4 Å². The number of fused-ring (bicyclic) bond motifs is 1. The fourth-order valence-electron chi connectivity index (χ4n) is 2.72. The van der Waals surface area contributed by atoms with Crippen molar-refractivity contribution in [1.29, 1.82) is 0 Å². The van der Waals surface area contributed by atoms with Crippen LogP contribution in [0.1, 0.15) is 34.0 Å². The molecular weight excluding hydrogens is 282 g/mol. The number of rotatable bonds is 2. The summed E-state index contributed by atoms with van der Waals surface area (Å²) in [5.41, 5.74) is 4.06. The molecule has 0 saturated carbocycles. The van der Waals surface area contributed by atoms with Crippen LogP contribution in [0.5, 0.6) is 0 Å². The van der Waals surface area contributed by atoms with Gasteiger partial charge >= 0.3 is 0 Å². The van der Waals surface area contributed by atoms with Gasteiger partial charge in [-0.2, -0.15) is 0 Å². The quantitative estimate of drug-likeness (QED) is 0.679. The third-order valence-corrected chi connectivity index (χ3v) is 4.97. The van der Waals surface area contributed by atoms with E-state index in [0.29, 0.717) is 0 Å².